The molecule has 1 unspecified atom stereocenters. The highest BCUT2D eigenvalue weighted by molar-refractivity contribution is 7.89. The number of nitrogens with one attached hydrogen (secondary N) is 2. The van der Waals surface area contributed by atoms with Crippen LogP contribution in [0.15, 0.2) is 29.2 Å². The van der Waals surface area contributed by atoms with Gasteiger partial charge in [0, 0.05) is 37.0 Å². The van der Waals surface area contributed by atoms with Crippen LogP contribution in [0.5, 0.6) is 0 Å². The molecule has 2 aliphatic rings. The number of benzene rings is 1. The summed E-state index contributed by atoms with van der Waals surface area (Å²) in [5.41, 5.74) is 0.999. The summed E-state index contributed by atoms with van der Waals surface area (Å²) >= 11 is 1.15. The lowest BCUT2D eigenvalue weighted by atomic mass is 10.0. The molecular formula is C25H30N4O7S2. The lowest BCUT2D eigenvalue weighted by Gasteiger charge is -2.30. The Balaban J connectivity index is 1.58. The van der Waals surface area contributed by atoms with Crippen molar-refractivity contribution in [2.45, 2.75) is 44.6 Å². The number of imide groups is 1. The van der Waals surface area contributed by atoms with Crippen molar-refractivity contribution in [3.05, 3.63) is 45.8 Å². The first-order valence-electron chi connectivity index (χ1n) is 12.2. The molecule has 1 saturated heterocycles. The van der Waals surface area contributed by atoms with Crippen LogP contribution in [-0.4, -0.2) is 68.2 Å². The van der Waals surface area contributed by atoms with Gasteiger partial charge in [0.2, 0.25) is 15.9 Å². The fourth-order valence-corrected chi connectivity index (χ4v) is 7.53. The number of sulfonamides is 1. The van der Waals surface area contributed by atoms with Crippen LogP contribution in [-0.2, 0) is 32.5 Å². The van der Waals surface area contributed by atoms with E-state index < -0.39 is 27.9 Å². The zero-order chi connectivity index (χ0) is 27.6. The Morgan fingerprint density at radius 1 is 1.08 bits per heavy atom. The number of methoxy groups -OCH3 is 1. The van der Waals surface area contributed by atoms with E-state index in [1.807, 2.05) is 6.92 Å². The third-order valence-corrected chi connectivity index (χ3v) is 9.74. The Labute approximate surface area is 225 Å². The van der Waals surface area contributed by atoms with Crippen molar-refractivity contribution in [3.63, 3.8) is 0 Å². The van der Waals surface area contributed by atoms with Crippen LogP contribution in [0.1, 0.15) is 57.8 Å². The fourth-order valence-electron chi connectivity index (χ4n) is 4.67. The van der Waals surface area contributed by atoms with Gasteiger partial charge in [0.15, 0.2) is 0 Å². The third kappa shape index (κ3) is 5.74. The van der Waals surface area contributed by atoms with E-state index in [4.69, 9.17) is 0 Å². The number of carbonyl (C=O) groups excluding carboxylic acids is 4. The maximum Gasteiger partial charge on any atom is 0.413 e. The molecule has 0 radical (unpaired) electrons. The van der Waals surface area contributed by atoms with E-state index in [1.165, 1.54) is 35.5 Å². The van der Waals surface area contributed by atoms with Gasteiger partial charge in [-0.25, -0.2) is 13.2 Å². The number of alkyl carbamates (subject to hydrolysis) is 1. The second-order valence-corrected chi connectivity index (χ2v) is 12.5. The fraction of sp³-hybridized carbons (Fsp3) is 0.440. The molecule has 2 N–H and O–H groups in total. The average Bonchev–Trinajstić information content (AvgIpc) is 3.25. The minimum absolute atomic E-state index is 0.107. The maximum absolute atomic E-state index is 13.1. The lowest BCUT2D eigenvalue weighted by molar-refractivity contribution is -0.129. The largest absolute Gasteiger partial charge is 0.453 e. The van der Waals surface area contributed by atoms with Crippen LogP contribution in [0.4, 0.5) is 9.80 Å². The van der Waals surface area contributed by atoms with Crippen molar-refractivity contribution >= 4 is 50.2 Å². The second-order valence-electron chi connectivity index (χ2n) is 9.43. The standard InChI is InChI=1S/C25H30N4O7S2/c1-15-5-4-11-29(13-15)38(34,35)18-8-6-17(7-9-18)22(31)26-24-21(23(32)27-25(33)36-3)19-10-12-28(16(2)30)14-20(19)37-24/h6-9,15H,4-5,10-14H2,1-3H3,(H,26,31)(H,27,32,33). The summed E-state index contributed by atoms with van der Waals surface area (Å²) < 4.78 is 32.1. The van der Waals surface area contributed by atoms with Crippen molar-refractivity contribution in [1.29, 1.82) is 0 Å². The van der Waals surface area contributed by atoms with Crippen LogP contribution in [0.25, 0.3) is 0 Å². The molecule has 13 heteroatoms. The molecule has 0 spiro atoms. The first kappa shape index (κ1) is 27.7. The predicted molar refractivity (Wildman–Crippen MR) is 141 cm³/mol. The number of amides is 4. The highest BCUT2D eigenvalue weighted by atomic mass is 32.2. The molecule has 4 rings (SSSR count). The number of fused-ring (bicyclic) bond motifs is 1. The minimum atomic E-state index is -3.67. The van der Waals surface area contributed by atoms with Gasteiger partial charge in [-0.3, -0.25) is 19.7 Å². The first-order chi connectivity index (χ1) is 18.0. The summed E-state index contributed by atoms with van der Waals surface area (Å²) in [5.74, 6) is -1.09. The third-order valence-electron chi connectivity index (χ3n) is 6.73. The summed E-state index contributed by atoms with van der Waals surface area (Å²) in [6.45, 7) is 5.10. The molecule has 3 heterocycles. The number of ether oxygens (including phenoxy) is 1. The molecule has 1 fully saturated rings. The smallest absolute Gasteiger partial charge is 0.413 e. The van der Waals surface area contributed by atoms with Gasteiger partial charge >= 0.3 is 6.09 Å². The van der Waals surface area contributed by atoms with Crippen molar-refractivity contribution in [2.24, 2.45) is 5.92 Å². The van der Waals surface area contributed by atoms with E-state index in [9.17, 15) is 27.6 Å². The quantitative estimate of drug-likeness (QED) is 0.571. The van der Waals surface area contributed by atoms with Gasteiger partial charge in [-0.15, -0.1) is 11.3 Å². The van der Waals surface area contributed by atoms with Crippen molar-refractivity contribution in [1.82, 2.24) is 14.5 Å². The lowest BCUT2D eigenvalue weighted by Crippen LogP contribution is -2.39. The average molecular weight is 563 g/mol. The number of piperidine rings is 1. The second kappa shape index (κ2) is 11.2. The number of carbonyl (C=O) groups is 4. The van der Waals surface area contributed by atoms with Crippen molar-refractivity contribution < 1.29 is 32.3 Å². The molecule has 1 aromatic heterocycles. The van der Waals surface area contributed by atoms with Crippen molar-refractivity contribution in [3.8, 4) is 0 Å². The van der Waals surface area contributed by atoms with Gasteiger partial charge in [0.25, 0.3) is 11.8 Å². The summed E-state index contributed by atoms with van der Waals surface area (Å²) in [4.78, 5) is 52.1. The molecule has 204 valence electrons. The molecule has 0 saturated carbocycles. The molecule has 4 amide bonds. The molecule has 0 bridgehead atoms. The Kier molecular flexibility index (Phi) is 8.19. The Morgan fingerprint density at radius 2 is 1.79 bits per heavy atom. The zero-order valence-electron chi connectivity index (χ0n) is 21.4. The van der Waals surface area contributed by atoms with E-state index >= 15 is 0 Å². The molecule has 11 nitrogen and oxygen atoms in total. The summed E-state index contributed by atoms with van der Waals surface area (Å²) in [7, 11) is -2.53. The number of rotatable bonds is 5. The van der Waals surface area contributed by atoms with Gasteiger partial charge in [0.1, 0.15) is 5.00 Å². The summed E-state index contributed by atoms with van der Waals surface area (Å²) in [6, 6.07) is 5.65. The van der Waals surface area contributed by atoms with Gasteiger partial charge < -0.3 is 15.0 Å². The van der Waals surface area contributed by atoms with Gasteiger partial charge in [-0.2, -0.15) is 4.31 Å². The van der Waals surface area contributed by atoms with E-state index in [-0.39, 0.29) is 39.4 Å². The van der Waals surface area contributed by atoms with E-state index in [1.54, 1.807) is 4.90 Å². The molecule has 2 aromatic rings. The predicted octanol–water partition coefficient (Wildman–Crippen LogP) is 2.82. The van der Waals surface area contributed by atoms with Crippen LogP contribution < -0.4 is 10.6 Å². The van der Waals surface area contributed by atoms with Crippen molar-refractivity contribution in [2.75, 3.05) is 32.1 Å². The summed E-state index contributed by atoms with van der Waals surface area (Å²) in [5, 5.41) is 5.09. The molecular weight excluding hydrogens is 532 g/mol. The van der Waals surface area contributed by atoms with Gasteiger partial charge in [0.05, 0.1) is 24.1 Å². The Morgan fingerprint density at radius 3 is 2.42 bits per heavy atom. The van der Waals surface area contributed by atoms with E-state index in [0.29, 0.717) is 31.6 Å². The van der Waals surface area contributed by atoms with Gasteiger partial charge in [-0.05, 0) is 55.0 Å². The van der Waals surface area contributed by atoms with Crippen LogP contribution in [0.2, 0.25) is 0 Å². The molecule has 38 heavy (non-hydrogen) atoms. The molecule has 2 aliphatic heterocycles. The topological polar surface area (TPSA) is 142 Å². The SMILES string of the molecule is COC(=O)NC(=O)c1c(NC(=O)c2ccc(S(=O)(=O)N3CCCC(C)C3)cc2)sc2c1CCN(C(C)=O)C2. The molecule has 0 aliphatic carbocycles. The Hall–Kier alpha value is -3.29. The first-order valence-corrected chi connectivity index (χ1v) is 14.5. The van der Waals surface area contributed by atoms with Crippen LogP contribution >= 0.6 is 11.3 Å². The number of thiophene rings is 1. The zero-order valence-corrected chi connectivity index (χ0v) is 23.0. The maximum atomic E-state index is 13.1. The number of hydrogen-bond donors (Lipinski definition) is 2. The Bertz CT molecular complexity index is 1370. The van der Waals surface area contributed by atoms with E-state index in [0.717, 1.165) is 36.2 Å². The highest BCUT2D eigenvalue weighted by Crippen LogP contribution is 2.37. The number of anilines is 1. The van der Waals surface area contributed by atoms with Gasteiger partial charge in [-0.1, -0.05) is 6.92 Å². The van der Waals surface area contributed by atoms with Crippen LogP contribution in [0.3, 0.4) is 0 Å². The molecule has 1 atom stereocenters. The molecule has 1 aromatic carbocycles. The monoisotopic (exact) mass is 562 g/mol. The normalized spacial score (nSPS) is 17.9. The number of hydrogen-bond acceptors (Lipinski definition) is 8. The van der Waals surface area contributed by atoms with E-state index in [2.05, 4.69) is 15.4 Å². The van der Waals surface area contributed by atoms with Crippen LogP contribution in [0, 0.1) is 5.92 Å². The highest BCUT2D eigenvalue weighted by Gasteiger charge is 2.31. The summed E-state index contributed by atoms with van der Waals surface area (Å²) in [6.07, 6.45) is 1.24. The number of nitrogens with zero attached hydrogens (tertiary/aromatic N) is 2. The minimum Gasteiger partial charge on any atom is -0.453 e.